The largest absolute Gasteiger partial charge is 0.335 e. The van der Waals surface area contributed by atoms with Gasteiger partial charge in [-0.15, -0.1) is 0 Å². The third-order valence-electron chi connectivity index (χ3n) is 4.82. The molecule has 1 fully saturated rings. The van der Waals surface area contributed by atoms with Gasteiger partial charge < -0.3 is 9.80 Å². The van der Waals surface area contributed by atoms with E-state index >= 15 is 0 Å². The van der Waals surface area contributed by atoms with E-state index in [9.17, 15) is 9.59 Å². The van der Waals surface area contributed by atoms with E-state index in [0.717, 1.165) is 31.5 Å². The van der Waals surface area contributed by atoms with Crippen molar-refractivity contribution in [1.29, 1.82) is 0 Å². The Labute approximate surface area is 145 Å². The molecule has 2 aliphatic heterocycles. The molecular formula is C17H20N6O2. The second-order valence-corrected chi connectivity index (χ2v) is 6.34. The summed E-state index contributed by atoms with van der Waals surface area (Å²) in [6.07, 6.45) is 7.94. The van der Waals surface area contributed by atoms with Gasteiger partial charge in [0.05, 0.1) is 17.5 Å². The molecule has 130 valence electrons. The molecule has 0 atom stereocenters. The monoisotopic (exact) mass is 340 g/mol. The predicted octanol–water partition coefficient (Wildman–Crippen LogP) is 0.608. The van der Waals surface area contributed by atoms with E-state index in [0.29, 0.717) is 31.7 Å². The summed E-state index contributed by atoms with van der Waals surface area (Å²) in [6.45, 7) is 2.91. The van der Waals surface area contributed by atoms with Crippen molar-refractivity contribution in [3.05, 3.63) is 41.7 Å². The van der Waals surface area contributed by atoms with E-state index in [4.69, 9.17) is 0 Å². The number of amides is 2. The van der Waals surface area contributed by atoms with Crippen LogP contribution in [0.1, 0.15) is 39.5 Å². The molecule has 0 aromatic carbocycles. The van der Waals surface area contributed by atoms with Crippen molar-refractivity contribution >= 4 is 11.8 Å². The van der Waals surface area contributed by atoms with Crippen molar-refractivity contribution in [1.82, 2.24) is 29.5 Å². The minimum atomic E-state index is -0.185. The molecule has 2 aliphatic rings. The van der Waals surface area contributed by atoms with Crippen molar-refractivity contribution in [3.63, 3.8) is 0 Å². The Balaban J connectivity index is 1.41. The van der Waals surface area contributed by atoms with Crippen LogP contribution in [0.2, 0.25) is 0 Å². The highest BCUT2D eigenvalue weighted by Crippen LogP contribution is 2.20. The van der Waals surface area contributed by atoms with Crippen LogP contribution in [0.15, 0.2) is 24.7 Å². The minimum Gasteiger partial charge on any atom is -0.335 e. The van der Waals surface area contributed by atoms with E-state index in [2.05, 4.69) is 15.1 Å². The third kappa shape index (κ3) is 2.99. The van der Waals surface area contributed by atoms with Gasteiger partial charge in [-0.25, -0.2) is 9.97 Å². The van der Waals surface area contributed by atoms with Crippen LogP contribution in [-0.2, 0) is 13.0 Å². The first-order valence-electron chi connectivity index (χ1n) is 8.64. The topological polar surface area (TPSA) is 84.2 Å². The number of rotatable bonds is 2. The molecular weight excluding hydrogens is 320 g/mol. The molecule has 2 amide bonds. The van der Waals surface area contributed by atoms with Gasteiger partial charge in [0, 0.05) is 45.1 Å². The van der Waals surface area contributed by atoms with E-state index in [1.165, 1.54) is 0 Å². The molecule has 0 saturated carbocycles. The number of aryl methyl sites for hydroxylation is 1. The second kappa shape index (κ2) is 6.62. The smallest absolute Gasteiger partial charge is 0.291 e. The molecule has 0 aliphatic carbocycles. The van der Waals surface area contributed by atoms with Gasteiger partial charge in [-0.1, -0.05) is 0 Å². The average molecular weight is 340 g/mol. The Morgan fingerprint density at radius 3 is 2.28 bits per heavy atom. The highest BCUT2D eigenvalue weighted by molar-refractivity contribution is 5.95. The first kappa shape index (κ1) is 15.7. The zero-order valence-corrected chi connectivity index (χ0v) is 14.0. The Morgan fingerprint density at radius 2 is 1.56 bits per heavy atom. The maximum atomic E-state index is 12.8. The fourth-order valence-corrected chi connectivity index (χ4v) is 3.43. The summed E-state index contributed by atoms with van der Waals surface area (Å²) in [5, 5.41) is 4.34. The quantitative estimate of drug-likeness (QED) is 0.800. The summed E-state index contributed by atoms with van der Waals surface area (Å²) in [4.78, 5) is 36.7. The summed E-state index contributed by atoms with van der Waals surface area (Å²) >= 11 is 0. The Hall–Kier alpha value is -2.77. The lowest BCUT2D eigenvalue weighted by molar-refractivity contribution is 0.0528. The fraction of sp³-hybridized carbons (Fsp3) is 0.471. The molecule has 2 aromatic heterocycles. The summed E-state index contributed by atoms with van der Waals surface area (Å²) in [7, 11) is 0. The fourth-order valence-electron chi connectivity index (χ4n) is 3.43. The summed E-state index contributed by atoms with van der Waals surface area (Å²) < 4.78 is 1.95. The number of carbonyl (C=O) groups is 2. The minimum absolute atomic E-state index is 0.0196. The van der Waals surface area contributed by atoms with Crippen LogP contribution < -0.4 is 0 Å². The van der Waals surface area contributed by atoms with Crippen LogP contribution >= 0.6 is 0 Å². The average Bonchev–Trinajstić information content (AvgIpc) is 3.12. The second-order valence-electron chi connectivity index (χ2n) is 6.34. The number of piperazine rings is 1. The van der Waals surface area contributed by atoms with Crippen LogP contribution in [0.5, 0.6) is 0 Å². The van der Waals surface area contributed by atoms with Gasteiger partial charge in [-0.3, -0.25) is 14.3 Å². The van der Waals surface area contributed by atoms with Crippen molar-refractivity contribution in [2.45, 2.75) is 25.8 Å². The molecule has 1 saturated heterocycles. The molecule has 0 spiro atoms. The number of hydrogen-bond acceptors (Lipinski definition) is 5. The summed E-state index contributed by atoms with van der Waals surface area (Å²) in [5.41, 5.74) is 1.76. The van der Waals surface area contributed by atoms with E-state index in [1.807, 2.05) is 9.58 Å². The molecule has 4 heterocycles. The Bertz CT molecular complexity index is 780. The van der Waals surface area contributed by atoms with Gasteiger partial charge in [-0.2, -0.15) is 5.10 Å². The van der Waals surface area contributed by atoms with Crippen molar-refractivity contribution in [2.75, 3.05) is 26.2 Å². The molecule has 0 N–H and O–H groups in total. The molecule has 8 nitrogen and oxygen atoms in total. The maximum absolute atomic E-state index is 12.8. The summed E-state index contributed by atoms with van der Waals surface area (Å²) in [6, 6.07) is 1.68. The van der Waals surface area contributed by atoms with Gasteiger partial charge in [0.2, 0.25) is 5.82 Å². The van der Waals surface area contributed by atoms with Gasteiger partial charge in [-0.05, 0) is 25.3 Å². The standard InChI is InChI=1S/C17H20N6O2/c24-16(13-12-20-23-7-2-1-4-14(13)23)21-8-10-22(11-9-21)17(25)15-18-5-3-6-19-15/h3,5-6,12H,1-2,4,7-11H2. The SMILES string of the molecule is O=C(c1ncccn1)N1CCN(C(=O)c2cnn3c2CCCC3)CC1. The highest BCUT2D eigenvalue weighted by Gasteiger charge is 2.29. The predicted molar refractivity (Wildman–Crippen MR) is 89.0 cm³/mol. The zero-order valence-electron chi connectivity index (χ0n) is 14.0. The molecule has 2 aromatic rings. The number of fused-ring (bicyclic) bond motifs is 1. The van der Waals surface area contributed by atoms with Crippen molar-refractivity contribution < 1.29 is 9.59 Å². The van der Waals surface area contributed by atoms with Crippen molar-refractivity contribution in [3.8, 4) is 0 Å². The van der Waals surface area contributed by atoms with Gasteiger partial charge in [0.25, 0.3) is 11.8 Å². The molecule has 0 bridgehead atoms. The molecule has 0 radical (unpaired) electrons. The Morgan fingerprint density at radius 1 is 0.880 bits per heavy atom. The number of hydrogen-bond donors (Lipinski definition) is 0. The lowest BCUT2D eigenvalue weighted by Gasteiger charge is -2.34. The van der Waals surface area contributed by atoms with Gasteiger partial charge >= 0.3 is 0 Å². The zero-order chi connectivity index (χ0) is 17.2. The lowest BCUT2D eigenvalue weighted by atomic mass is 10.1. The van der Waals surface area contributed by atoms with Crippen LogP contribution in [0.4, 0.5) is 0 Å². The first-order chi connectivity index (χ1) is 12.2. The van der Waals surface area contributed by atoms with Crippen molar-refractivity contribution in [2.24, 2.45) is 0 Å². The Kier molecular flexibility index (Phi) is 4.17. The van der Waals surface area contributed by atoms with E-state index in [-0.39, 0.29) is 17.6 Å². The van der Waals surface area contributed by atoms with Crippen LogP contribution in [-0.4, -0.2) is 67.5 Å². The van der Waals surface area contributed by atoms with Crippen LogP contribution in [0.25, 0.3) is 0 Å². The van der Waals surface area contributed by atoms with Crippen LogP contribution in [0, 0.1) is 0 Å². The number of aromatic nitrogens is 4. The van der Waals surface area contributed by atoms with E-state index in [1.54, 1.807) is 29.6 Å². The normalized spacial score (nSPS) is 17.3. The maximum Gasteiger partial charge on any atom is 0.291 e. The molecule has 0 unspecified atom stereocenters. The number of nitrogens with zero attached hydrogens (tertiary/aromatic N) is 6. The molecule has 4 rings (SSSR count). The lowest BCUT2D eigenvalue weighted by Crippen LogP contribution is -2.51. The first-order valence-corrected chi connectivity index (χ1v) is 8.64. The molecule has 25 heavy (non-hydrogen) atoms. The molecule has 8 heteroatoms. The van der Waals surface area contributed by atoms with Gasteiger partial charge in [0.1, 0.15) is 0 Å². The van der Waals surface area contributed by atoms with Gasteiger partial charge in [0.15, 0.2) is 0 Å². The number of carbonyl (C=O) groups excluding carboxylic acids is 2. The third-order valence-corrected chi connectivity index (χ3v) is 4.82. The van der Waals surface area contributed by atoms with Crippen LogP contribution in [0.3, 0.4) is 0 Å². The van der Waals surface area contributed by atoms with E-state index < -0.39 is 0 Å². The highest BCUT2D eigenvalue weighted by atomic mass is 16.2. The summed E-state index contributed by atoms with van der Waals surface area (Å²) in [5.74, 6) is 0.0369.